The maximum absolute atomic E-state index is 9.53. The van der Waals surface area contributed by atoms with Crippen LogP contribution in [0.2, 0.25) is 0 Å². The van der Waals surface area contributed by atoms with Crippen LogP contribution in [-0.4, -0.2) is 39.4 Å². The summed E-state index contributed by atoms with van der Waals surface area (Å²) in [6.07, 6.45) is -0.284. The Morgan fingerprint density at radius 3 is 2.18 bits per heavy atom. The molecule has 3 nitrogen and oxygen atoms in total. The van der Waals surface area contributed by atoms with Gasteiger partial charge in [-0.2, -0.15) is 12.6 Å². The fourth-order valence-corrected chi connectivity index (χ4v) is 1.45. The van der Waals surface area contributed by atoms with E-state index >= 15 is 0 Å². The minimum atomic E-state index is -1.03. The zero-order valence-electron chi connectivity index (χ0n) is 11.3. The summed E-state index contributed by atoms with van der Waals surface area (Å²) in [5.74, 6) is 5.61. The van der Waals surface area contributed by atoms with Gasteiger partial charge >= 0.3 is 0 Å². The maximum atomic E-state index is 9.53. The molecule has 2 N–H and O–H groups in total. The zero-order valence-corrected chi connectivity index (χ0v) is 12.2. The Kier molecular flexibility index (Phi) is 7.18. The number of hydrogen-bond donors (Lipinski definition) is 3. The molecule has 0 saturated heterocycles. The Hall–Kier alpha value is -0.210. The fraction of sp³-hybridized carbons (Fsp3) is 0.846. The summed E-state index contributed by atoms with van der Waals surface area (Å²) < 4.78 is 5.70. The second-order valence-corrected chi connectivity index (χ2v) is 5.84. The lowest BCUT2D eigenvalue weighted by Gasteiger charge is -2.22. The third-order valence-electron chi connectivity index (χ3n) is 2.01. The van der Waals surface area contributed by atoms with E-state index in [9.17, 15) is 10.2 Å². The van der Waals surface area contributed by atoms with Crippen LogP contribution in [0.3, 0.4) is 0 Å². The third-order valence-corrected chi connectivity index (χ3v) is 2.28. The molecule has 0 saturated carbocycles. The summed E-state index contributed by atoms with van der Waals surface area (Å²) >= 11 is 4.32. The average Bonchev–Trinajstić information content (AvgIpc) is 2.08. The van der Waals surface area contributed by atoms with Gasteiger partial charge in [0.1, 0.15) is 11.7 Å². The number of aliphatic hydroxyl groups excluding tert-OH is 1. The second-order valence-electron chi connectivity index (χ2n) is 5.02. The molecule has 0 bridgehead atoms. The highest BCUT2D eigenvalue weighted by Gasteiger charge is 2.17. The molecule has 0 aliphatic heterocycles. The van der Waals surface area contributed by atoms with Gasteiger partial charge in [0.15, 0.2) is 0 Å². The van der Waals surface area contributed by atoms with Gasteiger partial charge in [-0.1, -0.05) is 18.8 Å². The SMILES string of the molecule is C[C@H](C[C@@H](C)O)O[C@@H](C#CC(C)(C)O)[C@@H](C)S. The monoisotopic (exact) mass is 260 g/mol. The van der Waals surface area contributed by atoms with Crippen LogP contribution < -0.4 is 0 Å². The molecule has 0 rings (SSSR count). The van der Waals surface area contributed by atoms with Crippen molar-refractivity contribution in [1.82, 2.24) is 0 Å². The summed E-state index contributed by atoms with van der Waals surface area (Å²) in [6, 6.07) is 0. The molecule has 0 aromatic rings. The van der Waals surface area contributed by atoms with Gasteiger partial charge in [0.05, 0.1) is 12.2 Å². The lowest BCUT2D eigenvalue weighted by molar-refractivity contribution is 0.00238. The van der Waals surface area contributed by atoms with Crippen molar-refractivity contribution in [3.63, 3.8) is 0 Å². The zero-order chi connectivity index (χ0) is 13.6. The predicted octanol–water partition coefficient (Wildman–Crippen LogP) is 1.62. The lowest BCUT2D eigenvalue weighted by atomic mass is 10.1. The molecule has 0 fully saturated rings. The molecule has 0 aromatic heterocycles. The maximum Gasteiger partial charge on any atom is 0.129 e. The van der Waals surface area contributed by atoms with Crippen LogP contribution in [0.25, 0.3) is 0 Å². The van der Waals surface area contributed by atoms with E-state index in [1.165, 1.54) is 0 Å². The second kappa shape index (κ2) is 7.27. The molecule has 0 aliphatic rings. The first-order valence-electron chi connectivity index (χ1n) is 5.88. The Labute approximate surface area is 110 Å². The van der Waals surface area contributed by atoms with Crippen molar-refractivity contribution < 1.29 is 14.9 Å². The van der Waals surface area contributed by atoms with Crippen molar-refractivity contribution >= 4 is 12.6 Å². The van der Waals surface area contributed by atoms with Gasteiger partial charge in [-0.15, -0.1) is 0 Å². The van der Waals surface area contributed by atoms with Crippen molar-refractivity contribution in [3.05, 3.63) is 0 Å². The Balaban J connectivity index is 4.49. The van der Waals surface area contributed by atoms with Gasteiger partial charge in [0.2, 0.25) is 0 Å². The Morgan fingerprint density at radius 1 is 1.29 bits per heavy atom. The van der Waals surface area contributed by atoms with E-state index in [1.807, 2.05) is 13.8 Å². The molecular weight excluding hydrogens is 236 g/mol. The van der Waals surface area contributed by atoms with Gasteiger partial charge in [0.25, 0.3) is 0 Å². The molecule has 17 heavy (non-hydrogen) atoms. The molecule has 0 spiro atoms. The van der Waals surface area contributed by atoms with E-state index in [2.05, 4.69) is 24.5 Å². The predicted molar refractivity (Wildman–Crippen MR) is 73.2 cm³/mol. The molecule has 0 amide bonds. The molecule has 100 valence electrons. The van der Waals surface area contributed by atoms with Crippen LogP contribution in [0.15, 0.2) is 0 Å². The summed E-state index contributed by atoms with van der Waals surface area (Å²) in [6.45, 7) is 8.75. The van der Waals surface area contributed by atoms with E-state index in [4.69, 9.17) is 4.74 Å². The highest BCUT2D eigenvalue weighted by Crippen LogP contribution is 2.12. The molecule has 0 aromatic carbocycles. The minimum Gasteiger partial charge on any atom is -0.393 e. The largest absolute Gasteiger partial charge is 0.393 e. The molecule has 4 atom stereocenters. The summed E-state index contributed by atoms with van der Waals surface area (Å²) in [4.78, 5) is 0. The molecule has 0 radical (unpaired) electrons. The van der Waals surface area contributed by atoms with E-state index in [0.717, 1.165) is 0 Å². The van der Waals surface area contributed by atoms with Crippen molar-refractivity contribution in [1.29, 1.82) is 0 Å². The van der Waals surface area contributed by atoms with Crippen LogP contribution in [0.4, 0.5) is 0 Å². The van der Waals surface area contributed by atoms with Gasteiger partial charge in [0, 0.05) is 5.25 Å². The first-order valence-corrected chi connectivity index (χ1v) is 6.40. The van der Waals surface area contributed by atoms with Crippen LogP contribution in [0.1, 0.15) is 41.0 Å². The van der Waals surface area contributed by atoms with E-state index < -0.39 is 11.7 Å². The molecule has 4 heteroatoms. The molecule has 0 aliphatic carbocycles. The third kappa shape index (κ3) is 9.49. The van der Waals surface area contributed by atoms with E-state index in [0.29, 0.717) is 6.42 Å². The van der Waals surface area contributed by atoms with Crippen LogP contribution >= 0.6 is 12.6 Å². The summed E-state index contributed by atoms with van der Waals surface area (Å²) in [7, 11) is 0. The van der Waals surface area contributed by atoms with Crippen LogP contribution in [-0.2, 0) is 4.74 Å². The normalized spacial score (nSPS) is 18.8. The van der Waals surface area contributed by atoms with Gasteiger partial charge in [-0.05, 0) is 34.1 Å². The molecule has 0 unspecified atom stereocenters. The van der Waals surface area contributed by atoms with E-state index in [-0.39, 0.29) is 17.5 Å². The van der Waals surface area contributed by atoms with Crippen molar-refractivity contribution in [2.24, 2.45) is 0 Å². The van der Waals surface area contributed by atoms with E-state index in [1.54, 1.807) is 20.8 Å². The quantitative estimate of drug-likeness (QED) is 0.520. The fourth-order valence-electron chi connectivity index (χ4n) is 1.30. The highest BCUT2D eigenvalue weighted by atomic mass is 32.1. The topological polar surface area (TPSA) is 49.7 Å². The minimum absolute atomic E-state index is 0.0544. The lowest BCUT2D eigenvalue weighted by Crippen LogP contribution is -2.28. The molecule has 0 heterocycles. The first-order chi connectivity index (χ1) is 7.61. The number of thiol groups is 1. The average molecular weight is 260 g/mol. The number of rotatable bonds is 5. The molecular formula is C13H24O3S. The first kappa shape index (κ1) is 16.8. The van der Waals surface area contributed by atoms with Crippen molar-refractivity contribution in [2.75, 3.05) is 0 Å². The smallest absolute Gasteiger partial charge is 0.129 e. The van der Waals surface area contributed by atoms with Gasteiger partial charge < -0.3 is 14.9 Å². The number of aliphatic hydroxyl groups is 2. The standard InChI is InChI=1S/C13H24O3S/c1-9(14)8-10(2)16-12(11(3)17)6-7-13(4,5)15/h9-12,14-15,17H,8H2,1-5H3/t9-,10-,11-,12+/m1/s1. The Bertz CT molecular complexity index is 271. The van der Waals surface area contributed by atoms with Gasteiger partial charge in [-0.25, -0.2) is 0 Å². The summed E-state index contributed by atoms with van der Waals surface area (Å²) in [5.41, 5.74) is -1.03. The van der Waals surface area contributed by atoms with Crippen LogP contribution in [0, 0.1) is 11.8 Å². The number of hydrogen-bond acceptors (Lipinski definition) is 4. The summed E-state index contributed by atoms with van der Waals surface area (Å²) in [5, 5.41) is 18.7. The number of ether oxygens (including phenoxy) is 1. The van der Waals surface area contributed by atoms with Crippen molar-refractivity contribution in [3.8, 4) is 11.8 Å². The van der Waals surface area contributed by atoms with Gasteiger partial charge in [-0.3, -0.25) is 0 Å². The van der Waals surface area contributed by atoms with Crippen molar-refractivity contribution in [2.45, 2.75) is 70.2 Å². The highest BCUT2D eigenvalue weighted by molar-refractivity contribution is 7.81. The van der Waals surface area contributed by atoms with Crippen LogP contribution in [0.5, 0.6) is 0 Å². The Morgan fingerprint density at radius 2 is 1.82 bits per heavy atom.